The number of pyridine rings is 3. The Morgan fingerprint density at radius 1 is 0.946 bits per heavy atom. The topological polar surface area (TPSA) is 112 Å². The minimum absolute atomic E-state index is 0.0367. The van der Waals surface area contributed by atoms with Crippen LogP contribution in [0, 0.1) is 11.7 Å². The van der Waals surface area contributed by atoms with E-state index >= 15 is 0 Å². The van der Waals surface area contributed by atoms with E-state index in [1.54, 1.807) is 30.9 Å². The standard InChI is InChI=1S/C28H20FN7O/c29-19-3-1-2-16(8-19)21-6-7-31-26-22(21)11-24(34-26)25-23-10-18(13-32-27(23)36-35-25)17-9-20(14-30-12-17)33-28(37)15-4-5-15/h1-3,6-15H,4-5H2,(H,31,34)(H,33,37)(H,32,35,36). The molecule has 180 valence electrons. The van der Waals surface area contributed by atoms with Gasteiger partial charge in [0.05, 0.1) is 23.3 Å². The third-order valence-corrected chi connectivity index (χ3v) is 6.63. The van der Waals surface area contributed by atoms with E-state index in [4.69, 9.17) is 0 Å². The Morgan fingerprint density at radius 3 is 2.70 bits per heavy atom. The molecule has 0 spiro atoms. The Hall–Kier alpha value is -4.92. The van der Waals surface area contributed by atoms with Crippen LogP contribution in [0.2, 0.25) is 0 Å². The van der Waals surface area contributed by atoms with Crippen LogP contribution in [0.1, 0.15) is 12.8 Å². The molecule has 37 heavy (non-hydrogen) atoms. The summed E-state index contributed by atoms with van der Waals surface area (Å²) in [5.41, 5.74) is 6.81. The van der Waals surface area contributed by atoms with Crippen molar-refractivity contribution in [1.29, 1.82) is 0 Å². The van der Waals surface area contributed by atoms with E-state index in [0.29, 0.717) is 17.0 Å². The van der Waals surface area contributed by atoms with Gasteiger partial charge >= 0.3 is 0 Å². The summed E-state index contributed by atoms with van der Waals surface area (Å²) in [4.78, 5) is 28.9. The summed E-state index contributed by atoms with van der Waals surface area (Å²) in [6, 6.07) is 14.3. The number of carbonyl (C=O) groups excluding carboxylic acids is 1. The van der Waals surface area contributed by atoms with E-state index in [1.807, 2.05) is 30.3 Å². The number of halogens is 1. The number of rotatable bonds is 5. The fraction of sp³-hybridized carbons (Fsp3) is 0.107. The molecule has 5 heterocycles. The van der Waals surface area contributed by atoms with Gasteiger partial charge in [-0.25, -0.2) is 14.4 Å². The number of anilines is 1. The maximum absolute atomic E-state index is 13.9. The van der Waals surface area contributed by atoms with Crippen LogP contribution in [0.5, 0.6) is 0 Å². The number of nitrogens with zero attached hydrogens (tertiary/aromatic N) is 4. The molecule has 1 aliphatic rings. The molecule has 5 aromatic heterocycles. The summed E-state index contributed by atoms with van der Waals surface area (Å²) in [5.74, 6) is -0.140. The number of hydrogen-bond acceptors (Lipinski definition) is 5. The zero-order chi connectivity index (χ0) is 24.9. The van der Waals surface area contributed by atoms with Crippen molar-refractivity contribution in [2.75, 3.05) is 5.32 Å². The lowest BCUT2D eigenvalue weighted by atomic mass is 10.0. The van der Waals surface area contributed by atoms with Crippen molar-refractivity contribution in [3.8, 4) is 33.6 Å². The summed E-state index contributed by atoms with van der Waals surface area (Å²) in [6.07, 6.45) is 8.71. The van der Waals surface area contributed by atoms with E-state index in [9.17, 15) is 9.18 Å². The molecule has 1 aliphatic carbocycles. The summed E-state index contributed by atoms with van der Waals surface area (Å²) in [5, 5.41) is 12.1. The highest BCUT2D eigenvalue weighted by Crippen LogP contribution is 2.35. The summed E-state index contributed by atoms with van der Waals surface area (Å²) >= 11 is 0. The van der Waals surface area contributed by atoms with Crippen molar-refractivity contribution in [2.45, 2.75) is 12.8 Å². The van der Waals surface area contributed by atoms with Gasteiger partial charge in [0.25, 0.3) is 0 Å². The van der Waals surface area contributed by atoms with Crippen molar-refractivity contribution in [3.05, 3.63) is 79.1 Å². The Balaban J connectivity index is 1.28. The smallest absolute Gasteiger partial charge is 0.227 e. The van der Waals surface area contributed by atoms with Gasteiger partial charge in [-0.2, -0.15) is 5.10 Å². The lowest BCUT2D eigenvalue weighted by molar-refractivity contribution is -0.117. The SMILES string of the molecule is O=C(Nc1cncc(-c2cnc3n[nH]c(-c4cc5c(-c6cccc(F)c6)ccnc5[nH]4)c3c2)c1)C1CC1. The number of aromatic nitrogens is 6. The van der Waals surface area contributed by atoms with Crippen LogP contribution in [0.25, 0.3) is 55.7 Å². The van der Waals surface area contributed by atoms with Gasteiger partial charge in [0, 0.05) is 46.4 Å². The number of carbonyl (C=O) groups is 1. The van der Waals surface area contributed by atoms with Crippen LogP contribution in [-0.2, 0) is 4.79 Å². The van der Waals surface area contributed by atoms with Gasteiger partial charge in [0.1, 0.15) is 11.5 Å². The Kier molecular flexibility index (Phi) is 4.81. The van der Waals surface area contributed by atoms with Gasteiger partial charge in [-0.05, 0) is 60.4 Å². The maximum atomic E-state index is 13.9. The first kappa shape index (κ1) is 21.4. The van der Waals surface area contributed by atoms with E-state index in [-0.39, 0.29) is 17.6 Å². The third-order valence-electron chi connectivity index (χ3n) is 6.63. The second kappa shape index (κ2) is 8.34. The molecule has 1 saturated carbocycles. The van der Waals surface area contributed by atoms with E-state index in [0.717, 1.165) is 57.3 Å². The van der Waals surface area contributed by atoms with Gasteiger partial charge in [0.15, 0.2) is 5.65 Å². The Bertz CT molecular complexity index is 1820. The molecule has 0 saturated heterocycles. The second-order valence-electron chi connectivity index (χ2n) is 9.23. The molecular formula is C28H20FN7O. The number of fused-ring (bicyclic) bond motifs is 2. The average Bonchev–Trinajstić information content (AvgIpc) is 3.55. The minimum atomic E-state index is -0.290. The highest BCUT2D eigenvalue weighted by molar-refractivity contribution is 6.00. The lowest BCUT2D eigenvalue weighted by Gasteiger charge is -2.07. The summed E-state index contributed by atoms with van der Waals surface area (Å²) in [6.45, 7) is 0. The number of H-pyrrole nitrogens is 2. The van der Waals surface area contributed by atoms with Crippen LogP contribution in [0.3, 0.4) is 0 Å². The monoisotopic (exact) mass is 489 g/mol. The first-order chi connectivity index (χ1) is 18.1. The number of nitrogens with one attached hydrogen (secondary N) is 3. The molecular weight excluding hydrogens is 469 g/mol. The normalized spacial score (nSPS) is 13.3. The van der Waals surface area contributed by atoms with E-state index in [2.05, 4.69) is 35.5 Å². The molecule has 3 N–H and O–H groups in total. The highest BCUT2D eigenvalue weighted by Gasteiger charge is 2.29. The summed E-state index contributed by atoms with van der Waals surface area (Å²) < 4.78 is 13.9. The second-order valence-corrected chi connectivity index (χ2v) is 9.23. The molecule has 1 aromatic carbocycles. The average molecular weight is 490 g/mol. The van der Waals surface area contributed by atoms with Crippen molar-refractivity contribution in [1.82, 2.24) is 30.1 Å². The Morgan fingerprint density at radius 2 is 1.84 bits per heavy atom. The fourth-order valence-corrected chi connectivity index (χ4v) is 4.59. The van der Waals surface area contributed by atoms with Crippen LogP contribution in [-0.4, -0.2) is 36.0 Å². The number of amides is 1. The number of aromatic amines is 2. The van der Waals surface area contributed by atoms with E-state index in [1.165, 1.54) is 12.1 Å². The first-order valence-corrected chi connectivity index (χ1v) is 12.0. The quantitative estimate of drug-likeness (QED) is 0.287. The molecule has 7 rings (SSSR count). The zero-order valence-corrected chi connectivity index (χ0v) is 19.5. The van der Waals surface area contributed by atoms with Crippen LogP contribution in [0.4, 0.5) is 10.1 Å². The van der Waals surface area contributed by atoms with Crippen LogP contribution < -0.4 is 5.32 Å². The molecule has 0 bridgehead atoms. The molecule has 1 amide bonds. The van der Waals surface area contributed by atoms with E-state index < -0.39 is 0 Å². The van der Waals surface area contributed by atoms with Gasteiger partial charge < -0.3 is 10.3 Å². The highest BCUT2D eigenvalue weighted by atomic mass is 19.1. The molecule has 1 fully saturated rings. The van der Waals surface area contributed by atoms with Crippen LogP contribution >= 0.6 is 0 Å². The van der Waals surface area contributed by atoms with Crippen molar-refractivity contribution in [3.63, 3.8) is 0 Å². The van der Waals surface area contributed by atoms with Crippen molar-refractivity contribution >= 4 is 33.7 Å². The lowest BCUT2D eigenvalue weighted by Crippen LogP contribution is -2.13. The predicted octanol–water partition coefficient (Wildman–Crippen LogP) is 5.72. The largest absolute Gasteiger partial charge is 0.338 e. The Labute approximate surface area is 210 Å². The summed E-state index contributed by atoms with van der Waals surface area (Å²) in [7, 11) is 0. The number of hydrogen-bond donors (Lipinski definition) is 3. The number of benzene rings is 1. The molecule has 0 unspecified atom stereocenters. The van der Waals surface area contributed by atoms with Gasteiger partial charge in [-0.3, -0.25) is 14.9 Å². The molecule has 0 aliphatic heterocycles. The third kappa shape index (κ3) is 3.90. The van der Waals surface area contributed by atoms with Crippen molar-refractivity contribution in [2.24, 2.45) is 5.92 Å². The molecule has 0 radical (unpaired) electrons. The first-order valence-electron chi connectivity index (χ1n) is 12.0. The predicted molar refractivity (Wildman–Crippen MR) is 139 cm³/mol. The molecule has 9 heteroatoms. The fourth-order valence-electron chi connectivity index (χ4n) is 4.59. The van der Waals surface area contributed by atoms with Crippen molar-refractivity contribution < 1.29 is 9.18 Å². The van der Waals surface area contributed by atoms with Gasteiger partial charge in [0.2, 0.25) is 5.91 Å². The van der Waals surface area contributed by atoms with Crippen LogP contribution in [0.15, 0.2) is 73.3 Å². The maximum Gasteiger partial charge on any atom is 0.227 e. The molecule has 0 atom stereocenters. The minimum Gasteiger partial charge on any atom is -0.338 e. The molecule has 6 aromatic rings. The zero-order valence-electron chi connectivity index (χ0n) is 19.5. The van der Waals surface area contributed by atoms with Gasteiger partial charge in [-0.1, -0.05) is 12.1 Å². The van der Waals surface area contributed by atoms with Gasteiger partial charge in [-0.15, -0.1) is 0 Å². The molecule has 8 nitrogen and oxygen atoms in total.